The second-order valence-electron chi connectivity index (χ2n) is 12.9. The van der Waals surface area contributed by atoms with Gasteiger partial charge < -0.3 is 0 Å². The van der Waals surface area contributed by atoms with Crippen molar-refractivity contribution in [1.29, 1.82) is 0 Å². The van der Waals surface area contributed by atoms with Gasteiger partial charge in [-0.25, -0.2) is 9.97 Å². The molecule has 4 rings (SSSR count). The molecule has 0 spiro atoms. The van der Waals surface area contributed by atoms with E-state index in [-0.39, 0.29) is 0 Å². The van der Waals surface area contributed by atoms with Gasteiger partial charge in [0, 0.05) is 49.6 Å². The zero-order chi connectivity index (χ0) is 40.0. The van der Waals surface area contributed by atoms with Crippen LogP contribution >= 0.6 is 0 Å². The van der Waals surface area contributed by atoms with E-state index in [1.165, 1.54) is 11.9 Å². The monoisotopic (exact) mass is 682 g/mol. The fourth-order valence-electron chi connectivity index (χ4n) is 1.76. The van der Waals surface area contributed by atoms with E-state index in [4.69, 9.17) is 0 Å². The van der Waals surface area contributed by atoms with Crippen LogP contribution in [0, 0.1) is 17.3 Å². The molecule has 0 radical (unpaired) electrons. The Morgan fingerprint density at radius 3 is 0.735 bits per heavy atom. The molecule has 284 valence electrons. The van der Waals surface area contributed by atoms with Gasteiger partial charge in [0.2, 0.25) is 0 Å². The number of nitrogens with zero attached hydrogens (tertiary/aromatic N) is 5. The van der Waals surface area contributed by atoms with Crippen LogP contribution < -0.4 is 0 Å². The van der Waals surface area contributed by atoms with Crippen molar-refractivity contribution in [3.8, 4) is 0 Å². The lowest BCUT2D eigenvalue weighted by Gasteiger charge is -2.18. The molecule has 5 heteroatoms. The Bertz CT molecular complexity index is 793. The fraction of sp³-hybridized carbons (Fsp3) is 0.568. The molecule has 0 saturated carbocycles. The van der Waals surface area contributed by atoms with Crippen LogP contribution in [-0.4, -0.2) is 24.9 Å². The zero-order valence-electron chi connectivity index (χ0n) is 36.3. The molecule has 0 aliphatic rings. The fourth-order valence-corrected chi connectivity index (χ4v) is 1.76. The van der Waals surface area contributed by atoms with E-state index < -0.39 is 0 Å². The number of hydrogen-bond donors (Lipinski definition) is 0. The molecule has 0 amide bonds. The van der Waals surface area contributed by atoms with Crippen LogP contribution in [0.4, 0.5) is 0 Å². The molecule has 0 aliphatic carbocycles. The topological polar surface area (TPSA) is 64.5 Å². The smallest absolute Gasteiger partial charge is 0.115 e. The summed E-state index contributed by atoms with van der Waals surface area (Å²) >= 11 is 0. The van der Waals surface area contributed by atoms with Crippen molar-refractivity contribution in [1.82, 2.24) is 24.9 Å². The van der Waals surface area contributed by atoms with Crippen molar-refractivity contribution in [3.05, 3.63) is 116 Å². The predicted molar refractivity (Wildman–Crippen MR) is 225 cm³/mol. The van der Waals surface area contributed by atoms with Crippen molar-refractivity contribution in [2.24, 2.45) is 17.3 Å². The van der Waals surface area contributed by atoms with Crippen molar-refractivity contribution in [2.75, 3.05) is 0 Å². The highest BCUT2D eigenvalue weighted by atomic mass is 14.8. The highest BCUT2D eigenvalue weighted by Gasteiger charge is 2.11. The second-order valence-corrected chi connectivity index (χ2v) is 12.9. The summed E-state index contributed by atoms with van der Waals surface area (Å²) in [6.07, 6.45) is 14.9. The molecule has 4 aromatic rings. The maximum Gasteiger partial charge on any atom is 0.115 e. The van der Waals surface area contributed by atoms with Crippen LogP contribution in [0.1, 0.15) is 151 Å². The maximum absolute atomic E-state index is 3.78. The molecule has 0 bridgehead atoms. The summed E-state index contributed by atoms with van der Waals surface area (Å²) in [6.45, 7) is 44.4. The average Bonchev–Trinajstić information content (AvgIpc) is 3.10. The van der Waals surface area contributed by atoms with Gasteiger partial charge in [-0.15, -0.1) is 0 Å². The van der Waals surface area contributed by atoms with Gasteiger partial charge in [0.05, 0.1) is 0 Å². The summed E-state index contributed by atoms with van der Waals surface area (Å²) < 4.78 is 0. The molecule has 3 heterocycles. The summed E-state index contributed by atoms with van der Waals surface area (Å²) in [4.78, 5) is 18.6. The van der Waals surface area contributed by atoms with Gasteiger partial charge in [-0.2, -0.15) is 0 Å². The van der Waals surface area contributed by atoms with Crippen molar-refractivity contribution in [2.45, 2.75) is 151 Å². The predicted octanol–water partition coefficient (Wildman–Crippen LogP) is 14.5. The Morgan fingerprint density at radius 1 is 0.367 bits per heavy atom. The highest BCUT2D eigenvalue weighted by molar-refractivity contribution is 5.22. The largest absolute Gasteiger partial charge is 0.265 e. The van der Waals surface area contributed by atoms with Crippen LogP contribution in [0.15, 0.2) is 110 Å². The Morgan fingerprint density at radius 2 is 0.612 bits per heavy atom. The molecule has 3 aromatic heterocycles. The minimum absolute atomic E-state index is 0.293. The van der Waals surface area contributed by atoms with Gasteiger partial charge in [-0.3, -0.25) is 15.0 Å². The zero-order valence-corrected chi connectivity index (χ0v) is 36.3. The van der Waals surface area contributed by atoms with E-state index in [2.05, 4.69) is 145 Å². The number of hydrogen-bond acceptors (Lipinski definition) is 5. The molecule has 0 fully saturated rings. The molecule has 0 unspecified atom stereocenters. The van der Waals surface area contributed by atoms with Gasteiger partial charge in [0.25, 0.3) is 0 Å². The molecule has 5 nitrogen and oxygen atoms in total. The molecule has 0 atom stereocenters. The lowest BCUT2D eigenvalue weighted by atomic mass is 9.87. The van der Waals surface area contributed by atoms with Crippen LogP contribution in [0.25, 0.3) is 0 Å². The second kappa shape index (κ2) is 51.4. The third-order valence-electron chi connectivity index (χ3n) is 3.16. The van der Waals surface area contributed by atoms with Gasteiger partial charge in [0.1, 0.15) is 6.33 Å². The lowest BCUT2D eigenvalue weighted by Crippen LogP contribution is -2.10. The van der Waals surface area contributed by atoms with E-state index >= 15 is 0 Å². The minimum atomic E-state index is 0.293. The van der Waals surface area contributed by atoms with Crippen LogP contribution in [-0.2, 0) is 5.41 Å². The van der Waals surface area contributed by atoms with E-state index in [0.29, 0.717) is 10.8 Å². The third-order valence-corrected chi connectivity index (χ3v) is 3.16. The third kappa shape index (κ3) is 99.0. The first-order chi connectivity index (χ1) is 23.1. The van der Waals surface area contributed by atoms with Crippen LogP contribution in [0.2, 0.25) is 0 Å². The first-order valence-corrected chi connectivity index (χ1v) is 18.4. The highest BCUT2D eigenvalue weighted by Crippen LogP contribution is 2.20. The van der Waals surface area contributed by atoms with Gasteiger partial charge >= 0.3 is 0 Å². The lowest BCUT2D eigenvalue weighted by molar-refractivity contribution is 0.469. The van der Waals surface area contributed by atoms with E-state index in [1.807, 2.05) is 73.6 Å². The van der Waals surface area contributed by atoms with Gasteiger partial charge in [-0.05, 0) is 46.4 Å². The van der Waals surface area contributed by atoms with Crippen molar-refractivity contribution < 1.29 is 0 Å². The summed E-state index contributed by atoms with van der Waals surface area (Å²) in [7, 11) is 0. The van der Waals surface area contributed by atoms with Crippen molar-refractivity contribution >= 4 is 0 Å². The molecule has 1 aromatic carbocycles. The SMILES string of the molecule is CC.CC.CC.CC.CC(C)(C)C.CC(C)(C)c1ccccc1.CC(C)C.CC(C)C.c1ccncc1.c1cnccn1.c1cncnc1. The summed E-state index contributed by atoms with van der Waals surface area (Å²) in [5, 5.41) is 0. The molecule has 0 saturated heterocycles. The van der Waals surface area contributed by atoms with Crippen LogP contribution in [0.5, 0.6) is 0 Å². The van der Waals surface area contributed by atoms with E-state index in [1.54, 1.807) is 55.6 Å². The average molecular weight is 682 g/mol. The Labute approximate surface area is 308 Å². The molecular weight excluding hydrogens is 599 g/mol. The van der Waals surface area contributed by atoms with E-state index in [9.17, 15) is 0 Å². The van der Waals surface area contributed by atoms with Gasteiger partial charge in [-0.1, -0.05) is 182 Å². The summed E-state index contributed by atoms with van der Waals surface area (Å²) in [5.41, 5.74) is 2.19. The summed E-state index contributed by atoms with van der Waals surface area (Å²) in [5.74, 6) is 1.67. The number of pyridine rings is 1. The Hall–Kier alpha value is -3.47. The van der Waals surface area contributed by atoms with Crippen LogP contribution in [0.3, 0.4) is 0 Å². The molecular formula is C44H83N5. The maximum atomic E-state index is 3.78. The Balaban J connectivity index is -0.0000000827. The normalized spacial score (nSPS) is 8.47. The van der Waals surface area contributed by atoms with E-state index in [0.717, 1.165) is 11.8 Å². The minimum Gasteiger partial charge on any atom is -0.265 e. The number of benzene rings is 1. The molecule has 49 heavy (non-hydrogen) atoms. The summed E-state index contributed by atoms with van der Waals surface area (Å²) in [6, 6.07) is 18.0. The number of aromatic nitrogens is 5. The Kier molecular flexibility index (Phi) is 63.8. The quantitative estimate of drug-likeness (QED) is 0.185. The van der Waals surface area contributed by atoms with Gasteiger partial charge in [0.15, 0.2) is 0 Å². The first kappa shape index (κ1) is 60.8. The molecule has 0 aliphatic heterocycles. The molecule has 0 N–H and O–H groups in total. The standard InChI is InChI=1S/C10H14.C5H5N.C5H12.2C4H4N2.2C4H10.4C2H6/c1-10(2,3)9-7-5-4-6-8-9;1-2-4-6-5-3-1;1-5(2,3)4;1-2-6-4-3-5-1;1-2-5-4-6-3-1;2*1-4(2)3;4*1-2/h4-8H,1-3H3;1-5H;1-4H3;2*1-4H;2*4H,1-3H3;4*1-2H3. The first-order valence-electron chi connectivity index (χ1n) is 18.4. The van der Waals surface area contributed by atoms with Crippen molar-refractivity contribution in [3.63, 3.8) is 0 Å². The number of rotatable bonds is 0.